The summed E-state index contributed by atoms with van der Waals surface area (Å²) < 4.78 is 0. The second kappa shape index (κ2) is 11.8. The Morgan fingerprint density at radius 3 is 1.76 bits per heavy atom. The van der Waals surface area contributed by atoms with Gasteiger partial charge in [0, 0.05) is 0 Å². The number of allylic oxidation sites excluding steroid dienone is 1. The lowest BCUT2D eigenvalue weighted by molar-refractivity contribution is 1.14. The summed E-state index contributed by atoms with van der Waals surface area (Å²) in [5, 5.41) is 10.4. The molecule has 0 nitrogen and oxygen atoms in total. The van der Waals surface area contributed by atoms with Crippen LogP contribution in [0.25, 0.3) is 59.8 Å². The van der Waals surface area contributed by atoms with Gasteiger partial charge in [-0.05, 0) is 120 Å². The van der Waals surface area contributed by atoms with Crippen molar-refractivity contribution in [2.75, 3.05) is 0 Å². The van der Waals surface area contributed by atoms with Crippen molar-refractivity contribution < 1.29 is 0 Å². The smallest absolute Gasteiger partial charge is 0.00816 e. The molecule has 0 radical (unpaired) electrons. The highest BCUT2D eigenvalue weighted by Crippen LogP contribution is 2.38. The fourth-order valence-corrected chi connectivity index (χ4v) is 7.19. The second-order valence-corrected chi connectivity index (χ2v) is 12.4. The Morgan fingerprint density at radius 2 is 1.09 bits per heavy atom. The summed E-state index contributed by atoms with van der Waals surface area (Å²) >= 11 is 0. The molecule has 0 aliphatic heterocycles. The van der Waals surface area contributed by atoms with Crippen molar-refractivity contribution in [1.82, 2.24) is 0 Å². The van der Waals surface area contributed by atoms with Crippen LogP contribution in [0.4, 0.5) is 0 Å². The Bertz CT molecular complexity index is 2420. The molecule has 0 saturated heterocycles. The number of hydrogen-bond donors (Lipinski definition) is 0. The van der Waals surface area contributed by atoms with Crippen LogP contribution in [0.5, 0.6) is 0 Å². The lowest BCUT2D eigenvalue weighted by atomic mass is 9.87. The van der Waals surface area contributed by atoms with Crippen LogP contribution < -0.4 is 0 Å². The minimum atomic E-state index is 0.846. The van der Waals surface area contributed by atoms with Crippen molar-refractivity contribution in [2.24, 2.45) is 0 Å². The quantitative estimate of drug-likeness (QED) is 0.170. The van der Waals surface area contributed by atoms with Crippen LogP contribution in [0.3, 0.4) is 0 Å². The summed E-state index contributed by atoms with van der Waals surface area (Å²) in [5.41, 5.74) is 10.3. The van der Waals surface area contributed by atoms with Crippen molar-refractivity contribution in [3.05, 3.63) is 186 Å². The van der Waals surface area contributed by atoms with Crippen LogP contribution in [0, 0.1) is 6.92 Å². The van der Waals surface area contributed by atoms with Crippen molar-refractivity contribution in [1.29, 1.82) is 0 Å². The Labute approximate surface area is 271 Å². The lowest BCUT2D eigenvalue weighted by Gasteiger charge is -2.17. The highest BCUT2D eigenvalue weighted by atomic mass is 14.2. The van der Waals surface area contributed by atoms with Gasteiger partial charge in [-0.3, -0.25) is 0 Å². The fourth-order valence-electron chi connectivity index (χ4n) is 7.19. The first-order chi connectivity index (χ1) is 22.7. The summed E-state index contributed by atoms with van der Waals surface area (Å²) in [6, 6.07) is 56.1. The molecule has 0 amide bonds. The van der Waals surface area contributed by atoms with E-state index in [2.05, 4.69) is 172 Å². The lowest BCUT2D eigenvalue weighted by Crippen LogP contribution is -1.96. The molecule has 0 heterocycles. The Morgan fingerprint density at radius 1 is 0.522 bits per heavy atom. The Hall–Kier alpha value is -5.46. The second-order valence-electron chi connectivity index (χ2n) is 12.4. The van der Waals surface area contributed by atoms with Crippen molar-refractivity contribution >= 4 is 48.7 Å². The number of fused-ring (bicyclic) bond motifs is 6. The first-order valence-electron chi connectivity index (χ1n) is 16.4. The standard InChI is InChI=1S/C46H36/c1-3-32-21-24-33(25-22-32)41(27-26-36-28-34-12-4-6-14-38(34)42-17-9-8-16-40(36)42)45-29-37(23-20-31(45)2)46-30-35-13-5-7-15-39(35)43-18-10-11-19-44(43)46/h4-25,27-30H,3,26H2,1-2H3/b41-27-. The van der Waals surface area contributed by atoms with Crippen LogP contribution in [-0.4, -0.2) is 0 Å². The Balaban J connectivity index is 1.32. The maximum atomic E-state index is 2.46. The van der Waals surface area contributed by atoms with Crippen LogP contribution in [-0.2, 0) is 12.8 Å². The van der Waals surface area contributed by atoms with Gasteiger partial charge in [0.25, 0.3) is 0 Å². The molecule has 0 spiro atoms. The molecular formula is C46H36. The molecule has 0 N–H and O–H groups in total. The molecule has 0 fully saturated rings. The van der Waals surface area contributed by atoms with E-state index in [1.807, 2.05) is 0 Å². The molecule has 0 heteroatoms. The molecule has 8 aromatic carbocycles. The third-order valence-corrected chi connectivity index (χ3v) is 9.66. The van der Waals surface area contributed by atoms with E-state index in [0.29, 0.717) is 0 Å². The average molecular weight is 589 g/mol. The van der Waals surface area contributed by atoms with Gasteiger partial charge in [0.2, 0.25) is 0 Å². The van der Waals surface area contributed by atoms with Gasteiger partial charge in [-0.15, -0.1) is 0 Å². The average Bonchev–Trinajstić information content (AvgIpc) is 3.12. The maximum absolute atomic E-state index is 2.46. The van der Waals surface area contributed by atoms with E-state index in [0.717, 1.165) is 12.8 Å². The zero-order valence-electron chi connectivity index (χ0n) is 26.4. The van der Waals surface area contributed by atoms with Crippen molar-refractivity contribution in [2.45, 2.75) is 26.7 Å². The third-order valence-electron chi connectivity index (χ3n) is 9.66. The van der Waals surface area contributed by atoms with Gasteiger partial charge in [-0.1, -0.05) is 153 Å². The van der Waals surface area contributed by atoms with E-state index in [9.17, 15) is 0 Å². The number of aryl methyl sites for hydroxylation is 2. The van der Waals surface area contributed by atoms with Crippen LogP contribution in [0.2, 0.25) is 0 Å². The largest absolute Gasteiger partial charge is 0.0716 e. The van der Waals surface area contributed by atoms with Crippen molar-refractivity contribution in [3.8, 4) is 11.1 Å². The van der Waals surface area contributed by atoms with E-state index in [4.69, 9.17) is 0 Å². The maximum Gasteiger partial charge on any atom is -0.00816 e. The first-order valence-corrected chi connectivity index (χ1v) is 16.4. The number of benzene rings is 8. The molecular weight excluding hydrogens is 553 g/mol. The molecule has 0 saturated carbocycles. The van der Waals surface area contributed by atoms with Gasteiger partial charge in [-0.25, -0.2) is 0 Å². The van der Waals surface area contributed by atoms with Crippen molar-refractivity contribution in [3.63, 3.8) is 0 Å². The molecule has 0 aromatic heterocycles. The summed E-state index contributed by atoms with van der Waals surface area (Å²) in [7, 11) is 0. The van der Waals surface area contributed by atoms with Gasteiger partial charge in [-0.2, -0.15) is 0 Å². The van der Waals surface area contributed by atoms with Gasteiger partial charge in [0.1, 0.15) is 0 Å². The number of rotatable bonds is 6. The minimum Gasteiger partial charge on any atom is -0.0716 e. The SMILES string of the molecule is CCc1ccc(/C(=C/Cc2cc3ccccc3c3ccccc23)c2cc(-c3cc4ccccc4c4ccccc34)ccc2C)cc1. The molecule has 0 atom stereocenters. The van der Waals surface area contributed by atoms with Gasteiger partial charge in [0.15, 0.2) is 0 Å². The molecule has 0 bridgehead atoms. The van der Waals surface area contributed by atoms with E-state index in [1.165, 1.54) is 87.6 Å². The zero-order chi connectivity index (χ0) is 31.0. The van der Waals surface area contributed by atoms with Crippen LogP contribution in [0.1, 0.15) is 34.7 Å². The van der Waals surface area contributed by atoms with E-state index < -0.39 is 0 Å². The van der Waals surface area contributed by atoms with E-state index in [-0.39, 0.29) is 0 Å². The summed E-state index contributed by atoms with van der Waals surface area (Å²) in [6.07, 6.45) is 4.34. The highest BCUT2D eigenvalue weighted by Gasteiger charge is 2.14. The predicted molar refractivity (Wildman–Crippen MR) is 200 cm³/mol. The Kier molecular flexibility index (Phi) is 7.20. The predicted octanol–water partition coefficient (Wildman–Crippen LogP) is 12.5. The normalized spacial score (nSPS) is 12.0. The topological polar surface area (TPSA) is 0 Å². The molecule has 8 aromatic rings. The van der Waals surface area contributed by atoms with Crippen LogP contribution in [0.15, 0.2) is 158 Å². The monoisotopic (exact) mass is 588 g/mol. The fraction of sp³-hybridized carbons (Fsp3) is 0.0870. The highest BCUT2D eigenvalue weighted by molar-refractivity contribution is 6.14. The first kappa shape index (κ1) is 28.0. The summed E-state index contributed by atoms with van der Waals surface area (Å²) in [4.78, 5) is 0. The molecule has 0 aliphatic carbocycles. The zero-order valence-corrected chi connectivity index (χ0v) is 26.4. The van der Waals surface area contributed by atoms with E-state index in [1.54, 1.807) is 0 Å². The molecule has 46 heavy (non-hydrogen) atoms. The summed E-state index contributed by atoms with van der Waals surface area (Å²) in [6.45, 7) is 4.47. The van der Waals surface area contributed by atoms with E-state index >= 15 is 0 Å². The molecule has 220 valence electrons. The van der Waals surface area contributed by atoms with Gasteiger partial charge < -0.3 is 0 Å². The molecule has 0 unspecified atom stereocenters. The third kappa shape index (κ3) is 4.97. The van der Waals surface area contributed by atoms with Gasteiger partial charge in [0.05, 0.1) is 0 Å². The molecule has 0 aliphatic rings. The van der Waals surface area contributed by atoms with Gasteiger partial charge >= 0.3 is 0 Å². The minimum absolute atomic E-state index is 0.846. The molecule has 8 rings (SSSR count). The van der Waals surface area contributed by atoms with Crippen LogP contribution >= 0.6 is 0 Å². The number of hydrogen-bond acceptors (Lipinski definition) is 0. The summed E-state index contributed by atoms with van der Waals surface area (Å²) in [5.74, 6) is 0.